The maximum atomic E-state index is 12.0. The Morgan fingerprint density at radius 2 is 1.79 bits per heavy atom. The third-order valence-electron chi connectivity index (χ3n) is 3.18. The molecule has 6 heteroatoms. The van der Waals surface area contributed by atoms with E-state index in [2.05, 4.69) is 26.0 Å². The van der Waals surface area contributed by atoms with E-state index in [1.807, 2.05) is 18.2 Å². The van der Waals surface area contributed by atoms with Gasteiger partial charge < -0.3 is 14.8 Å². The van der Waals surface area contributed by atoms with Crippen molar-refractivity contribution >= 4 is 39.6 Å². The molecule has 0 aromatic heterocycles. The Kier molecular flexibility index (Phi) is 6.14. The topological polar surface area (TPSA) is 64.6 Å². The highest BCUT2D eigenvalue weighted by atomic mass is 79.9. The number of esters is 1. The molecule has 0 aliphatic carbocycles. The van der Waals surface area contributed by atoms with Gasteiger partial charge in [0.05, 0.1) is 19.8 Å². The molecule has 0 bridgehead atoms. The number of methoxy groups -OCH3 is 2. The first-order valence-corrected chi connectivity index (χ1v) is 7.84. The molecule has 0 saturated heterocycles. The average molecular weight is 390 g/mol. The summed E-state index contributed by atoms with van der Waals surface area (Å²) in [6.07, 6.45) is 3.08. The highest BCUT2D eigenvalue weighted by Crippen LogP contribution is 2.24. The van der Waals surface area contributed by atoms with Gasteiger partial charge in [0, 0.05) is 21.8 Å². The van der Waals surface area contributed by atoms with Crippen LogP contribution in [0, 0.1) is 0 Å². The molecular weight excluding hydrogens is 374 g/mol. The summed E-state index contributed by atoms with van der Waals surface area (Å²) in [4.78, 5) is 23.4. The zero-order valence-electron chi connectivity index (χ0n) is 13.2. The van der Waals surface area contributed by atoms with Gasteiger partial charge in [0.15, 0.2) is 0 Å². The number of anilines is 1. The first-order chi connectivity index (χ1) is 11.5. The van der Waals surface area contributed by atoms with Crippen LogP contribution in [0.2, 0.25) is 0 Å². The van der Waals surface area contributed by atoms with E-state index in [1.165, 1.54) is 13.2 Å². The maximum absolute atomic E-state index is 12.0. The fourth-order valence-electron chi connectivity index (χ4n) is 1.99. The summed E-state index contributed by atoms with van der Waals surface area (Å²) in [7, 11) is 2.89. The fourth-order valence-corrected chi connectivity index (χ4v) is 2.37. The summed E-state index contributed by atoms with van der Waals surface area (Å²) in [5.41, 5.74) is 1.78. The smallest absolute Gasteiger partial charge is 0.337 e. The zero-order valence-corrected chi connectivity index (χ0v) is 14.8. The fraction of sp³-hybridized carbons (Fsp3) is 0.111. The van der Waals surface area contributed by atoms with Gasteiger partial charge in [-0.1, -0.05) is 15.9 Å². The van der Waals surface area contributed by atoms with Gasteiger partial charge in [0.1, 0.15) is 5.75 Å². The normalized spacial score (nSPS) is 10.5. The standard InChI is InChI=1S/C18H16BrNO4/c1-23-16-9-6-14(19)11-13(16)5-10-17(21)20-15-7-3-12(4-8-15)18(22)24-2/h3-11H,1-2H3,(H,20,21). The molecule has 0 unspecified atom stereocenters. The number of halogens is 1. The number of carbonyl (C=O) groups excluding carboxylic acids is 2. The molecule has 0 atom stereocenters. The predicted octanol–water partition coefficient (Wildman–Crippen LogP) is 3.90. The average Bonchev–Trinajstić information content (AvgIpc) is 2.60. The predicted molar refractivity (Wildman–Crippen MR) is 96.1 cm³/mol. The molecule has 2 rings (SSSR count). The molecule has 0 spiro atoms. The third-order valence-corrected chi connectivity index (χ3v) is 3.67. The second-order valence-corrected chi connectivity index (χ2v) is 5.69. The molecule has 124 valence electrons. The number of nitrogens with one attached hydrogen (secondary N) is 1. The van der Waals surface area contributed by atoms with Crippen molar-refractivity contribution in [2.75, 3.05) is 19.5 Å². The summed E-state index contributed by atoms with van der Waals surface area (Å²) < 4.78 is 10.8. The van der Waals surface area contributed by atoms with Crippen LogP contribution < -0.4 is 10.1 Å². The lowest BCUT2D eigenvalue weighted by Crippen LogP contribution is -2.08. The van der Waals surface area contributed by atoms with E-state index in [1.54, 1.807) is 37.5 Å². The summed E-state index contributed by atoms with van der Waals surface area (Å²) in [6.45, 7) is 0. The Hall–Kier alpha value is -2.60. The Bertz CT molecular complexity index is 769. The van der Waals surface area contributed by atoms with Crippen LogP contribution >= 0.6 is 15.9 Å². The molecule has 1 N–H and O–H groups in total. The molecule has 24 heavy (non-hydrogen) atoms. The van der Waals surface area contributed by atoms with E-state index in [9.17, 15) is 9.59 Å². The van der Waals surface area contributed by atoms with Gasteiger partial charge >= 0.3 is 5.97 Å². The molecule has 0 aliphatic rings. The van der Waals surface area contributed by atoms with Crippen molar-refractivity contribution in [1.82, 2.24) is 0 Å². The van der Waals surface area contributed by atoms with Gasteiger partial charge in [-0.05, 0) is 48.5 Å². The van der Waals surface area contributed by atoms with Gasteiger partial charge in [0.25, 0.3) is 0 Å². The van der Waals surface area contributed by atoms with Crippen molar-refractivity contribution in [3.63, 3.8) is 0 Å². The van der Waals surface area contributed by atoms with Crippen LogP contribution in [0.25, 0.3) is 6.08 Å². The van der Waals surface area contributed by atoms with E-state index < -0.39 is 5.97 Å². The number of ether oxygens (including phenoxy) is 2. The highest BCUT2D eigenvalue weighted by molar-refractivity contribution is 9.10. The van der Waals surface area contributed by atoms with E-state index >= 15 is 0 Å². The summed E-state index contributed by atoms with van der Waals surface area (Å²) >= 11 is 3.38. The van der Waals surface area contributed by atoms with E-state index in [0.717, 1.165) is 10.0 Å². The molecule has 0 fully saturated rings. The Labute approximate surface area is 148 Å². The SMILES string of the molecule is COC(=O)c1ccc(NC(=O)C=Cc2cc(Br)ccc2OC)cc1. The lowest BCUT2D eigenvalue weighted by atomic mass is 10.2. The molecule has 0 radical (unpaired) electrons. The summed E-state index contributed by atoms with van der Waals surface area (Å²) in [5.74, 6) is -0.0398. The number of hydrogen-bond acceptors (Lipinski definition) is 4. The molecule has 2 aromatic rings. The first-order valence-electron chi connectivity index (χ1n) is 7.04. The maximum Gasteiger partial charge on any atom is 0.337 e. The van der Waals surface area contributed by atoms with Crippen LogP contribution in [0.1, 0.15) is 15.9 Å². The zero-order chi connectivity index (χ0) is 17.5. The Morgan fingerprint density at radius 1 is 1.08 bits per heavy atom. The lowest BCUT2D eigenvalue weighted by molar-refractivity contribution is -0.111. The molecule has 5 nitrogen and oxygen atoms in total. The largest absolute Gasteiger partial charge is 0.496 e. The second-order valence-electron chi connectivity index (χ2n) is 4.78. The highest BCUT2D eigenvalue weighted by Gasteiger charge is 2.05. The molecule has 1 amide bonds. The number of rotatable bonds is 5. The Morgan fingerprint density at radius 3 is 2.42 bits per heavy atom. The minimum Gasteiger partial charge on any atom is -0.496 e. The van der Waals surface area contributed by atoms with Gasteiger partial charge in [-0.3, -0.25) is 4.79 Å². The van der Waals surface area contributed by atoms with Crippen LogP contribution in [0.5, 0.6) is 5.75 Å². The first kappa shape index (κ1) is 17.7. The van der Waals surface area contributed by atoms with Gasteiger partial charge in [-0.2, -0.15) is 0 Å². The minimum absolute atomic E-state index is 0.289. The van der Waals surface area contributed by atoms with Crippen LogP contribution in [-0.4, -0.2) is 26.1 Å². The van der Waals surface area contributed by atoms with Crippen molar-refractivity contribution in [2.45, 2.75) is 0 Å². The monoisotopic (exact) mass is 389 g/mol. The van der Waals surface area contributed by atoms with Crippen molar-refractivity contribution in [3.8, 4) is 5.75 Å². The molecule has 2 aromatic carbocycles. The number of benzene rings is 2. The van der Waals surface area contributed by atoms with Crippen LogP contribution in [-0.2, 0) is 9.53 Å². The van der Waals surface area contributed by atoms with E-state index in [4.69, 9.17) is 4.74 Å². The van der Waals surface area contributed by atoms with E-state index in [0.29, 0.717) is 17.0 Å². The molecule has 0 saturated carbocycles. The van der Waals surface area contributed by atoms with Gasteiger partial charge in [-0.25, -0.2) is 4.79 Å². The van der Waals surface area contributed by atoms with Gasteiger partial charge in [0.2, 0.25) is 5.91 Å². The van der Waals surface area contributed by atoms with Crippen LogP contribution in [0.4, 0.5) is 5.69 Å². The summed E-state index contributed by atoms with van der Waals surface area (Å²) in [5, 5.41) is 2.72. The van der Waals surface area contributed by atoms with Crippen molar-refractivity contribution in [2.24, 2.45) is 0 Å². The Balaban J connectivity index is 2.05. The molecular formula is C18H16BrNO4. The number of hydrogen-bond donors (Lipinski definition) is 1. The van der Waals surface area contributed by atoms with E-state index in [-0.39, 0.29) is 5.91 Å². The van der Waals surface area contributed by atoms with Crippen molar-refractivity contribution in [1.29, 1.82) is 0 Å². The molecule has 0 aliphatic heterocycles. The van der Waals surface area contributed by atoms with Crippen LogP contribution in [0.15, 0.2) is 53.0 Å². The quantitative estimate of drug-likeness (QED) is 0.622. The second kappa shape index (κ2) is 8.31. The van der Waals surface area contributed by atoms with Crippen molar-refractivity contribution in [3.05, 3.63) is 64.1 Å². The molecule has 0 heterocycles. The number of amides is 1. The van der Waals surface area contributed by atoms with Gasteiger partial charge in [-0.15, -0.1) is 0 Å². The number of carbonyl (C=O) groups is 2. The third kappa shape index (κ3) is 4.70. The van der Waals surface area contributed by atoms with Crippen molar-refractivity contribution < 1.29 is 19.1 Å². The van der Waals surface area contributed by atoms with Crippen LogP contribution in [0.3, 0.4) is 0 Å². The minimum atomic E-state index is -0.422. The summed E-state index contributed by atoms with van der Waals surface area (Å²) in [6, 6.07) is 12.0. The lowest BCUT2D eigenvalue weighted by Gasteiger charge is -2.06.